The number of rotatable bonds is 4. The Bertz CT molecular complexity index is 443. The molecule has 0 amide bonds. The summed E-state index contributed by atoms with van der Waals surface area (Å²) >= 11 is 0. The zero-order chi connectivity index (χ0) is 13.1. The molecule has 1 unspecified atom stereocenters. The first-order valence-corrected chi connectivity index (χ1v) is 6.35. The predicted octanol–water partition coefficient (Wildman–Crippen LogP) is 2.01. The quantitative estimate of drug-likeness (QED) is 0.828. The number of anilines is 1. The maximum atomic E-state index is 12.4. The van der Waals surface area contributed by atoms with Crippen LogP contribution in [0.5, 0.6) is 5.75 Å². The molecule has 1 aromatic rings. The van der Waals surface area contributed by atoms with Crippen LogP contribution in [0.25, 0.3) is 0 Å². The maximum Gasteiger partial charge on any atom is 0.179 e. The number of Topliss-reactive ketones (excluding diaryl/α,β-unsaturated/α-hetero) is 1. The third-order valence-corrected chi connectivity index (χ3v) is 3.25. The second kappa shape index (κ2) is 5.40. The van der Waals surface area contributed by atoms with Crippen LogP contribution in [0.2, 0.25) is 0 Å². The molecule has 0 aliphatic carbocycles. The highest BCUT2D eigenvalue weighted by atomic mass is 16.5. The molecule has 0 spiro atoms. The van der Waals surface area contributed by atoms with Crippen molar-refractivity contribution in [3.05, 3.63) is 23.8 Å². The van der Waals surface area contributed by atoms with Crippen molar-refractivity contribution in [3.8, 4) is 5.75 Å². The summed E-state index contributed by atoms with van der Waals surface area (Å²) < 4.78 is 5.51. The largest absolute Gasteiger partial charge is 0.490 e. The molecule has 0 saturated carbocycles. The molecule has 1 atom stereocenters. The second-order valence-corrected chi connectivity index (χ2v) is 4.74. The Morgan fingerprint density at radius 3 is 2.94 bits per heavy atom. The Morgan fingerprint density at radius 2 is 2.28 bits per heavy atom. The molecular formula is C14H20N2O2. The number of hydrogen-bond donors (Lipinski definition) is 1. The topological polar surface area (TPSA) is 41.6 Å². The van der Waals surface area contributed by atoms with Gasteiger partial charge in [0.25, 0.3) is 0 Å². The Kier molecular flexibility index (Phi) is 3.87. The average molecular weight is 248 g/mol. The zero-order valence-corrected chi connectivity index (χ0v) is 11.2. The van der Waals surface area contributed by atoms with Crippen molar-refractivity contribution < 1.29 is 9.53 Å². The van der Waals surface area contributed by atoms with Crippen molar-refractivity contribution in [2.45, 2.75) is 19.4 Å². The summed E-state index contributed by atoms with van der Waals surface area (Å²) in [6.45, 7) is 3.49. The molecule has 0 fully saturated rings. The van der Waals surface area contributed by atoms with E-state index in [1.165, 1.54) is 0 Å². The van der Waals surface area contributed by atoms with Crippen molar-refractivity contribution in [2.75, 3.05) is 32.6 Å². The molecule has 4 heteroatoms. The van der Waals surface area contributed by atoms with Crippen LogP contribution in [-0.4, -0.2) is 44.0 Å². The van der Waals surface area contributed by atoms with E-state index in [0.29, 0.717) is 6.61 Å². The first kappa shape index (κ1) is 12.9. The lowest BCUT2D eigenvalue weighted by atomic mass is 10.0. The second-order valence-electron chi connectivity index (χ2n) is 4.74. The minimum absolute atomic E-state index is 0.0624. The number of fused-ring (bicyclic) bond motifs is 1. The number of ketones is 1. The molecule has 0 radical (unpaired) electrons. The molecule has 98 valence electrons. The fourth-order valence-electron chi connectivity index (χ4n) is 2.27. The van der Waals surface area contributed by atoms with Gasteiger partial charge in [-0.3, -0.25) is 9.69 Å². The molecule has 1 N–H and O–H groups in total. The first-order valence-electron chi connectivity index (χ1n) is 6.35. The summed E-state index contributed by atoms with van der Waals surface area (Å²) in [7, 11) is 3.87. The van der Waals surface area contributed by atoms with Gasteiger partial charge in [-0.2, -0.15) is 0 Å². The van der Waals surface area contributed by atoms with Crippen LogP contribution in [-0.2, 0) is 0 Å². The van der Waals surface area contributed by atoms with Gasteiger partial charge in [-0.15, -0.1) is 0 Å². The zero-order valence-electron chi connectivity index (χ0n) is 11.2. The van der Waals surface area contributed by atoms with Crippen molar-refractivity contribution in [1.29, 1.82) is 0 Å². The van der Waals surface area contributed by atoms with Gasteiger partial charge in [0, 0.05) is 12.1 Å². The molecular weight excluding hydrogens is 228 g/mol. The van der Waals surface area contributed by atoms with Crippen molar-refractivity contribution >= 4 is 11.5 Å². The third kappa shape index (κ3) is 2.48. The minimum atomic E-state index is -0.0624. The third-order valence-electron chi connectivity index (χ3n) is 3.25. The van der Waals surface area contributed by atoms with Gasteiger partial charge < -0.3 is 10.1 Å². The molecule has 1 aromatic carbocycles. The number of hydrogen-bond acceptors (Lipinski definition) is 4. The molecule has 0 aromatic heterocycles. The number of benzene rings is 1. The summed E-state index contributed by atoms with van der Waals surface area (Å²) in [6, 6.07) is 5.55. The summed E-state index contributed by atoms with van der Waals surface area (Å²) in [5.74, 6) is 0.994. The van der Waals surface area contributed by atoms with Crippen LogP contribution < -0.4 is 10.1 Å². The fourth-order valence-corrected chi connectivity index (χ4v) is 2.27. The van der Waals surface area contributed by atoms with E-state index in [1.807, 2.05) is 44.1 Å². The average Bonchev–Trinajstić information content (AvgIpc) is 2.38. The van der Waals surface area contributed by atoms with Crippen LogP contribution >= 0.6 is 0 Å². The van der Waals surface area contributed by atoms with Crippen molar-refractivity contribution in [3.63, 3.8) is 0 Å². The maximum absolute atomic E-state index is 12.4. The lowest BCUT2D eigenvalue weighted by Crippen LogP contribution is -2.35. The van der Waals surface area contributed by atoms with Gasteiger partial charge in [0.15, 0.2) is 5.78 Å². The van der Waals surface area contributed by atoms with Crippen LogP contribution in [0, 0.1) is 0 Å². The van der Waals surface area contributed by atoms with Crippen LogP contribution in [0.1, 0.15) is 23.7 Å². The van der Waals surface area contributed by atoms with Crippen LogP contribution in [0.15, 0.2) is 18.2 Å². The molecule has 1 heterocycles. The summed E-state index contributed by atoms with van der Waals surface area (Å²) in [4.78, 5) is 14.4. The Labute approximate surface area is 108 Å². The molecule has 1 aliphatic rings. The van der Waals surface area contributed by atoms with Gasteiger partial charge in [-0.1, -0.05) is 6.92 Å². The van der Waals surface area contributed by atoms with E-state index in [4.69, 9.17) is 4.74 Å². The molecule has 0 bridgehead atoms. The highest BCUT2D eigenvalue weighted by Gasteiger charge is 2.21. The number of ether oxygens (including phenoxy) is 1. The van der Waals surface area contributed by atoms with E-state index in [9.17, 15) is 4.79 Å². The normalized spacial score (nSPS) is 15.6. The van der Waals surface area contributed by atoms with E-state index < -0.39 is 0 Å². The molecule has 1 aliphatic heterocycles. The predicted molar refractivity (Wildman–Crippen MR) is 72.5 cm³/mol. The SMILES string of the molecule is CCC(C(=O)c1ccc2c(c1)NCCO2)N(C)C. The minimum Gasteiger partial charge on any atom is -0.490 e. The number of carbonyl (C=O) groups is 1. The van der Waals surface area contributed by atoms with E-state index in [0.717, 1.165) is 30.0 Å². The summed E-state index contributed by atoms with van der Waals surface area (Å²) in [5, 5.41) is 3.25. The Balaban J connectivity index is 2.25. The molecule has 18 heavy (non-hydrogen) atoms. The monoisotopic (exact) mass is 248 g/mol. The van der Waals surface area contributed by atoms with E-state index >= 15 is 0 Å². The van der Waals surface area contributed by atoms with Gasteiger partial charge in [0.05, 0.1) is 11.7 Å². The van der Waals surface area contributed by atoms with Gasteiger partial charge in [-0.25, -0.2) is 0 Å². The van der Waals surface area contributed by atoms with E-state index in [1.54, 1.807) is 0 Å². The van der Waals surface area contributed by atoms with E-state index in [2.05, 4.69) is 5.32 Å². The number of nitrogens with zero attached hydrogens (tertiary/aromatic N) is 1. The molecule has 4 nitrogen and oxygen atoms in total. The molecule has 0 saturated heterocycles. The number of carbonyl (C=O) groups excluding carboxylic acids is 1. The molecule has 2 rings (SSSR count). The first-order chi connectivity index (χ1) is 8.63. The smallest absolute Gasteiger partial charge is 0.179 e. The van der Waals surface area contributed by atoms with Crippen LogP contribution in [0.3, 0.4) is 0 Å². The summed E-state index contributed by atoms with van der Waals surface area (Å²) in [6.07, 6.45) is 0.812. The van der Waals surface area contributed by atoms with Gasteiger partial charge >= 0.3 is 0 Å². The highest BCUT2D eigenvalue weighted by molar-refractivity contribution is 6.01. The fraction of sp³-hybridized carbons (Fsp3) is 0.500. The van der Waals surface area contributed by atoms with Gasteiger partial charge in [-0.05, 0) is 38.7 Å². The Morgan fingerprint density at radius 1 is 1.50 bits per heavy atom. The summed E-state index contributed by atoms with van der Waals surface area (Å²) in [5.41, 5.74) is 1.66. The van der Waals surface area contributed by atoms with Gasteiger partial charge in [0.1, 0.15) is 12.4 Å². The lowest BCUT2D eigenvalue weighted by molar-refractivity contribution is 0.0871. The highest BCUT2D eigenvalue weighted by Crippen LogP contribution is 2.28. The number of nitrogens with one attached hydrogen (secondary N) is 1. The standard InChI is InChI=1S/C14H20N2O2/c1-4-12(16(2)3)14(17)10-5-6-13-11(9-10)15-7-8-18-13/h5-6,9,12,15H,4,7-8H2,1-3H3. The van der Waals surface area contributed by atoms with Crippen LogP contribution in [0.4, 0.5) is 5.69 Å². The lowest BCUT2D eigenvalue weighted by Gasteiger charge is -2.23. The van der Waals surface area contributed by atoms with Gasteiger partial charge in [0.2, 0.25) is 0 Å². The Hall–Kier alpha value is -1.55. The number of likely N-dealkylation sites (N-methyl/N-ethyl adjacent to an activating group) is 1. The van der Waals surface area contributed by atoms with E-state index in [-0.39, 0.29) is 11.8 Å². The van der Waals surface area contributed by atoms with Crippen molar-refractivity contribution in [1.82, 2.24) is 4.90 Å². The van der Waals surface area contributed by atoms with Crippen molar-refractivity contribution in [2.24, 2.45) is 0 Å².